The molecule has 0 fully saturated rings. The van der Waals surface area contributed by atoms with Crippen LogP contribution in [0.3, 0.4) is 0 Å². The maximum Gasteiger partial charge on any atom is 0.144 e. The van der Waals surface area contributed by atoms with Gasteiger partial charge in [0.05, 0.1) is 15.9 Å². The Morgan fingerprint density at radius 3 is 1.82 bits per heavy atom. The lowest BCUT2D eigenvalue weighted by Crippen LogP contribution is -2.08. The normalized spacial score (nSPS) is 11.0. The number of aromatic hydroxyl groups is 1. The summed E-state index contributed by atoms with van der Waals surface area (Å²) in [5.74, 6) is 1.10. The van der Waals surface area contributed by atoms with Crippen LogP contribution in [0.25, 0.3) is 33.9 Å². The van der Waals surface area contributed by atoms with E-state index in [-0.39, 0.29) is 5.75 Å². The Bertz CT molecular complexity index is 1270. The maximum absolute atomic E-state index is 10.2. The average Bonchev–Trinajstić information content (AvgIpc) is 3.14. The van der Waals surface area contributed by atoms with E-state index >= 15 is 0 Å². The van der Waals surface area contributed by atoms with E-state index in [1.165, 1.54) is 0 Å². The molecule has 0 spiro atoms. The number of nitrogens with zero attached hydrogens (tertiary/aromatic N) is 4. The lowest BCUT2D eigenvalue weighted by molar-refractivity contribution is 0.476. The Hall–Kier alpha value is -3.19. The summed E-state index contributed by atoms with van der Waals surface area (Å²) in [6.45, 7) is 0. The van der Waals surface area contributed by atoms with E-state index in [0.29, 0.717) is 4.47 Å². The zero-order chi connectivity index (χ0) is 23.9. The highest BCUT2D eigenvalue weighted by atomic mass is 79.9. The van der Waals surface area contributed by atoms with Gasteiger partial charge in [-0.25, -0.2) is 4.98 Å². The first kappa shape index (κ1) is 23.0. The number of aromatic nitrogens is 2. The summed E-state index contributed by atoms with van der Waals surface area (Å²) in [7, 11) is 12.1. The molecule has 0 aliphatic heterocycles. The highest BCUT2D eigenvalue weighted by Crippen LogP contribution is 2.37. The molecule has 1 N–H and O–H groups in total. The molecule has 0 atom stereocenters. The van der Waals surface area contributed by atoms with Crippen molar-refractivity contribution >= 4 is 40.6 Å². The number of hydrogen-bond acceptors (Lipinski definition) is 4. The second-order valence-corrected chi connectivity index (χ2v) is 9.55. The summed E-state index contributed by atoms with van der Waals surface area (Å²) < 4.78 is 2.80. The van der Waals surface area contributed by atoms with Gasteiger partial charge in [0.25, 0.3) is 0 Å². The van der Waals surface area contributed by atoms with Crippen LogP contribution in [-0.2, 0) is 7.05 Å². The lowest BCUT2D eigenvalue weighted by atomic mass is 9.93. The first-order chi connectivity index (χ1) is 15.7. The van der Waals surface area contributed by atoms with Gasteiger partial charge in [0, 0.05) is 63.3 Å². The van der Waals surface area contributed by atoms with Gasteiger partial charge >= 0.3 is 0 Å². The summed E-state index contributed by atoms with van der Waals surface area (Å²) in [4.78, 5) is 9.29. The number of hydrogen-bond donors (Lipinski definition) is 1. The second-order valence-electron chi connectivity index (χ2n) is 8.70. The number of benzene rings is 3. The monoisotopic (exact) mass is 502 g/mol. The highest BCUT2D eigenvalue weighted by Gasteiger charge is 2.20. The molecular formula is C26H28BBrN4O. The van der Waals surface area contributed by atoms with E-state index in [4.69, 9.17) is 4.98 Å². The molecule has 0 saturated heterocycles. The van der Waals surface area contributed by atoms with Gasteiger partial charge in [-0.2, -0.15) is 0 Å². The predicted octanol–water partition coefficient (Wildman–Crippen LogP) is 4.28. The number of rotatable bonds is 5. The molecule has 4 rings (SSSR count). The number of anilines is 2. The minimum atomic E-state index is 0.256. The Balaban J connectivity index is 1.93. The van der Waals surface area contributed by atoms with Crippen LogP contribution in [0.5, 0.6) is 5.75 Å². The molecule has 1 aromatic heterocycles. The quantitative estimate of drug-likeness (QED) is 0.414. The van der Waals surface area contributed by atoms with Crippen molar-refractivity contribution in [1.29, 1.82) is 0 Å². The molecule has 0 amide bonds. The van der Waals surface area contributed by atoms with Gasteiger partial charge in [0.2, 0.25) is 0 Å². The zero-order valence-electron chi connectivity index (χ0n) is 19.9. The van der Waals surface area contributed by atoms with E-state index in [2.05, 4.69) is 78.8 Å². The van der Waals surface area contributed by atoms with E-state index in [1.807, 2.05) is 55.2 Å². The number of imidazole rings is 1. The topological polar surface area (TPSA) is 44.5 Å². The Labute approximate surface area is 204 Å². The minimum Gasteiger partial charge on any atom is -0.507 e. The molecule has 0 aliphatic carbocycles. The third kappa shape index (κ3) is 4.38. The lowest BCUT2D eigenvalue weighted by Gasteiger charge is -2.14. The van der Waals surface area contributed by atoms with Gasteiger partial charge in [0.1, 0.15) is 19.4 Å². The van der Waals surface area contributed by atoms with Crippen LogP contribution in [0.4, 0.5) is 11.4 Å². The van der Waals surface area contributed by atoms with Gasteiger partial charge < -0.3 is 19.5 Å². The summed E-state index contributed by atoms with van der Waals surface area (Å²) in [6, 6.07) is 20.9. The van der Waals surface area contributed by atoms with Crippen LogP contribution in [0.1, 0.15) is 0 Å². The van der Waals surface area contributed by atoms with Crippen LogP contribution in [0.15, 0.2) is 65.1 Å². The summed E-state index contributed by atoms with van der Waals surface area (Å²) in [5, 5.41) is 10.2. The van der Waals surface area contributed by atoms with Crippen molar-refractivity contribution in [3.8, 4) is 39.7 Å². The maximum atomic E-state index is 10.2. The Morgan fingerprint density at radius 2 is 1.33 bits per heavy atom. The van der Waals surface area contributed by atoms with Crippen molar-refractivity contribution in [2.24, 2.45) is 7.05 Å². The Morgan fingerprint density at radius 1 is 0.818 bits per heavy atom. The van der Waals surface area contributed by atoms with E-state index < -0.39 is 0 Å². The van der Waals surface area contributed by atoms with Crippen LogP contribution in [0.2, 0.25) is 0 Å². The molecule has 0 saturated carbocycles. The standard InChI is InChI=1S/C26H28BBrN4O/c1-30(2)19-10-6-16(7-11-19)23-24(17-8-12-20(13-9-17)31(3)4)32(5)26(29-23)18-14-21(27)25(33)22(28)15-18/h6-15,33H,27H2,1-5H3. The van der Waals surface area contributed by atoms with Gasteiger partial charge in [-0.3, -0.25) is 0 Å². The number of phenolic OH excluding ortho intramolecular Hbond substituents is 1. The smallest absolute Gasteiger partial charge is 0.144 e. The SMILES string of the molecule is Bc1cc(-c2nc(-c3ccc(N(C)C)cc3)c(-c3ccc(N(C)C)cc3)n2C)cc(Br)c1O. The molecular weight excluding hydrogens is 475 g/mol. The second kappa shape index (κ2) is 8.98. The largest absolute Gasteiger partial charge is 0.507 e. The fourth-order valence-electron chi connectivity index (χ4n) is 3.99. The molecule has 168 valence electrons. The first-order valence-corrected chi connectivity index (χ1v) is 11.6. The molecule has 0 aliphatic rings. The van der Waals surface area contributed by atoms with E-state index in [0.717, 1.165) is 50.7 Å². The van der Waals surface area contributed by atoms with Gasteiger partial charge in [-0.15, -0.1) is 0 Å². The fourth-order valence-corrected chi connectivity index (χ4v) is 4.55. The first-order valence-electron chi connectivity index (χ1n) is 10.8. The van der Waals surface area contributed by atoms with Crippen LogP contribution < -0.4 is 15.3 Å². The summed E-state index contributed by atoms with van der Waals surface area (Å²) in [5.41, 5.74) is 8.18. The van der Waals surface area contributed by atoms with Crippen LogP contribution >= 0.6 is 15.9 Å². The minimum absolute atomic E-state index is 0.256. The highest BCUT2D eigenvalue weighted by molar-refractivity contribution is 9.10. The average molecular weight is 503 g/mol. The van der Waals surface area contributed by atoms with Crippen LogP contribution in [-0.4, -0.2) is 50.7 Å². The van der Waals surface area contributed by atoms with Crippen molar-refractivity contribution in [1.82, 2.24) is 9.55 Å². The zero-order valence-corrected chi connectivity index (χ0v) is 21.5. The van der Waals surface area contributed by atoms with Gasteiger partial charge in [-0.05, 0) is 51.7 Å². The van der Waals surface area contributed by atoms with Crippen molar-refractivity contribution in [2.45, 2.75) is 0 Å². The molecule has 0 unspecified atom stereocenters. The molecule has 7 heteroatoms. The number of phenols is 1. The predicted molar refractivity (Wildman–Crippen MR) is 146 cm³/mol. The van der Waals surface area contributed by atoms with Crippen molar-refractivity contribution in [3.63, 3.8) is 0 Å². The molecule has 0 bridgehead atoms. The van der Waals surface area contributed by atoms with Crippen molar-refractivity contribution < 1.29 is 5.11 Å². The third-order valence-electron chi connectivity index (χ3n) is 5.92. The van der Waals surface area contributed by atoms with Gasteiger partial charge in [0.15, 0.2) is 0 Å². The number of halogens is 1. The molecule has 4 aromatic rings. The fraction of sp³-hybridized carbons (Fsp3) is 0.192. The molecule has 3 aromatic carbocycles. The van der Waals surface area contributed by atoms with E-state index in [1.54, 1.807) is 0 Å². The molecule has 33 heavy (non-hydrogen) atoms. The van der Waals surface area contributed by atoms with Crippen LogP contribution in [0, 0.1) is 0 Å². The van der Waals surface area contributed by atoms with Crippen molar-refractivity contribution in [3.05, 3.63) is 65.1 Å². The van der Waals surface area contributed by atoms with Crippen molar-refractivity contribution in [2.75, 3.05) is 38.0 Å². The third-order valence-corrected chi connectivity index (χ3v) is 6.53. The Kier molecular flexibility index (Phi) is 6.26. The molecule has 5 nitrogen and oxygen atoms in total. The van der Waals surface area contributed by atoms with Gasteiger partial charge in [-0.1, -0.05) is 30.3 Å². The summed E-state index contributed by atoms with van der Waals surface area (Å²) in [6.07, 6.45) is 0. The summed E-state index contributed by atoms with van der Waals surface area (Å²) >= 11 is 3.48. The van der Waals surface area contributed by atoms with E-state index in [9.17, 15) is 5.11 Å². The molecule has 0 radical (unpaired) electrons. The molecule has 1 heterocycles.